The van der Waals surface area contributed by atoms with Gasteiger partial charge in [0.05, 0.1) is 11.1 Å². The minimum absolute atomic E-state index is 0.159. The van der Waals surface area contributed by atoms with Crippen LogP contribution in [0.3, 0.4) is 0 Å². The summed E-state index contributed by atoms with van der Waals surface area (Å²) in [6.07, 6.45) is 1.46. The van der Waals surface area contributed by atoms with Crippen LogP contribution in [0.1, 0.15) is 40.0 Å². The maximum absolute atomic E-state index is 12.0. The van der Waals surface area contributed by atoms with Gasteiger partial charge < -0.3 is 0 Å². The number of carbonyl (C=O) groups is 4. The second kappa shape index (κ2) is 5.56. The number of imide groups is 1. The van der Waals surface area contributed by atoms with Crippen LogP contribution < -0.4 is 0 Å². The molecule has 1 aromatic rings. The van der Waals surface area contributed by atoms with Crippen LogP contribution in [-0.4, -0.2) is 35.3 Å². The highest BCUT2D eigenvalue weighted by atomic mass is 16.2. The Kier molecular flexibility index (Phi) is 3.85. The van der Waals surface area contributed by atoms with Crippen molar-refractivity contribution in [3.63, 3.8) is 0 Å². The zero-order valence-corrected chi connectivity index (χ0v) is 10.3. The molecule has 0 spiro atoms. The zero-order valence-electron chi connectivity index (χ0n) is 10.3. The molecule has 0 N–H and O–H groups in total. The number of aldehydes is 1. The standard InChI is InChI=1S/C14H13NO4/c16-9-10(17)5-3-4-8-15-13(18)11-6-1-2-7-12(11)14(15)19/h1-2,6-7,9H,3-5,8H2. The number of amides is 2. The summed E-state index contributed by atoms with van der Waals surface area (Å²) in [5.74, 6) is -1.04. The SMILES string of the molecule is O=CC(=O)CCCCN1C(=O)c2ccccc2C1=O. The van der Waals surface area contributed by atoms with Gasteiger partial charge in [-0.1, -0.05) is 12.1 Å². The molecule has 0 aromatic heterocycles. The van der Waals surface area contributed by atoms with Gasteiger partial charge in [0.15, 0.2) is 12.1 Å². The topological polar surface area (TPSA) is 71.5 Å². The van der Waals surface area contributed by atoms with Crippen LogP contribution in [0.5, 0.6) is 0 Å². The number of carbonyl (C=O) groups excluding carboxylic acids is 4. The fourth-order valence-corrected chi connectivity index (χ4v) is 2.07. The summed E-state index contributed by atoms with van der Waals surface area (Å²) in [5.41, 5.74) is 0.855. The molecule has 0 saturated heterocycles. The van der Waals surface area contributed by atoms with Gasteiger partial charge in [0.25, 0.3) is 11.8 Å². The lowest BCUT2D eigenvalue weighted by Crippen LogP contribution is -2.30. The molecule has 2 amide bonds. The average Bonchev–Trinajstić information content (AvgIpc) is 2.68. The number of rotatable bonds is 6. The molecule has 1 heterocycles. The van der Waals surface area contributed by atoms with E-state index in [9.17, 15) is 19.2 Å². The highest BCUT2D eigenvalue weighted by molar-refractivity contribution is 6.24. The monoisotopic (exact) mass is 259 g/mol. The van der Waals surface area contributed by atoms with E-state index in [-0.39, 0.29) is 24.8 Å². The third kappa shape index (κ3) is 2.59. The number of fused-ring (bicyclic) bond motifs is 1. The molecular formula is C14H13NO4. The molecule has 0 bridgehead atoms. The maximum atomic E-state index is 12.0. The van der Waals surface area contributed by atoms with Gasteiger partial charge in [0.1, 0.15) is 0 Å². The highest BCUT2D eigenvalue weighted by Gasteiger charge is 2.34. The number of ketones is 1. The number of hydrogen-bond donors (Lipinski definition) is 0. The first-order chi connectivity index (χ1) is 9.15. The van der Waals surface area contributed by atoms with Gasteiger partial charge in [0.2, 0.25) is 0 Å². The van der Waals surface area contributed by atoms with E-state index < -0.39 is 5.78 Å². The summed E-state index contributed by atoms with van der Waals surface area (Å²) in [7, 11) is 0. The summed E-state index contributed by atoms with van der Waals surface area (Å²) in [5, 5.41) is 0. The summed E-state index contributed by atoms with van der Waals surface area (Å²) in [4.78, 5) is 46.1. The smallest absolute Gasteiger partial charge is 0.261 e. The van der Waals surface area contributed by atoms with Gasteiger partial charge in [-0.15, -0.1) is 0 Å². The van der Waals surface area contributed by atoms with E-state index in [0.29, 0.717) is 30.3 Å². The first-order valence-corrected chi connectivity index (χ1v) is 6.08. The molecule has 0 aliphatic carbocycles. The molecule has 98 valence electrons. The van der Waals surface area contributed by atoms with Crippen molar-refractivity contribution >= 4 is 23.9 Å². The molecule has 2 rings (SSSR count). The van der Waals surface area contributed by atoms with E-state index in [1.807, 2.05) is 0 Å². The Balaban J connectivity index is 1.93. The molecule has 1 aromatic carbocycles. The van der Waals surface area contributed by atoms with Gasteiger partial charge in [-0.3, -0.25) is 24.1 Å². The highest BCUT2D eigenvalue weighted by Crippen LogP contribution is 2.22. The molecule has 0 unspecified atom stereocenters. The molecule has 0 radical (unpaired) electrons. The van der Waals surface area contributed by atoms with Crippen molar-refractivity contribution < 1.29 is 19.2 Å². The van der Waals surface area contributed by atoms with Crippen molar-refractivity contribution in [2.24, 2.45) is 0 Å². The van der Waals surface area contributed by atoms with Gasteiger partial charge in [-0.2, -0.15) is 0 Å². The minimum Gasteiger partial charge on any atom is -0.295 e. The first-order valence-electron chi connectivity index (χ1n) is 6.08. The number of nitrogens with zero attached hydrogens (tertiary/aromatic N) is 1. The molecule has 5 nitrogen and oxygen atoms in total. The second-order valence-electron chi connectivity index (χ2n) is 4.35. The largest absolute Gasteiger partial charge is 0.295 e. The fraction of sp³-hybridized carbons (Fsp3) is 0.286. The molecule has 5 heteroatoms. The minimum atomic E-state index is -0.456. The lowest BCUT2D eigenvalue weighted by atomic mass is 10.1. The van der Waals surface area contributed by atoms with Crippen LogP contribution in [0.4, 0.5) is 0 Å². The van der Waals surface area contributed by atoms with E-state index in [0.717, 1.165) is 0 Å². The Morgan fingerprint density at radius 3 is 2.16 bits per heavy atom. The summed E-state index contributed by atoms with van der Waals surface area (Å²) in [6.45, 7) is 0.276. The van der Waals surface area contributed by atoms with Crippen LogP contribution in [0.15, 0.2) is 24.3 Å². The Hall–Kier alpha value is -2.30. The van der Waals surface area contributed by atoms with Crippen molar-refractivity contribution in [3.8, 4) is 0 Å². The predicted octanol–water partition coefficient (Wildman–Crippen LogP) is 1.22. The summed E-state index contributed by atoms with van der Waals surface area (Å²) < 4.78 is 0. The molecule has 0 fully saturated rings. The number of hydrogen-bond acceptors (Lipinski definition) is 4. The zero-order chi connectivity index (χ0) is 13.8. The van der Waals surface area contributed by atoms with Crippen molar-refractivity contribution in [2.75, 3.05) is 6.54 Å². The first kappa shape index (κ1) is 13.1. The van der Waals surface area contributed by atoms with Crippen molar-refractivity contribution in [3.05, 3.63) is 35.4 Å². The van der Waals surface area contributed by atoms with E-state index in [4.69, 9.17) is 0 Å². The predicted molar refractivity (Wildman–Crippen MR) is 66.7 cm³/mol. The van der Waals surface area contributed by atoms with E-state index in [2.05, 4.69) is 0 Å². The van der Waals surface area contributed by atoms with Crippen molar-refractivity contribution in [1.29, 1.82) is 0 Å². The van der Waals surface area contributed by atoms with E-state index in [1.54, 1.807) is 24.3 Å². The third-order valence-electron chi connectivity index (χ3n) is 3.06. The van der Waals surface area contributed by atoms with Gasteiger partial charge >= 0.3 is 0 Å². The van der Waals surface area contributed by atoms with Gasteiger partial charge in [-0.25, -0.2) is 0 Å². The van der Waals surface area contributed by atoms with Crippen molar-refractivity contribution in [2.45, 2.75) is 19.3 Å². The average molecular weight is 259 g/mol. The molecule has 0 atom stereocenters. The van der Waals surface area contributed by atoms with Crippen LogP contribution >= 0.6 is 0 Å². The second-order valence-corrected chi connectivity index (χ2v) is 4.35. The molecule has 0 saturated carbocycles. The Morgan fingerprint density at radius 1 is 1.05 bits per heavy atom. The van der Waals surface area contributed by atoms with Crippen LogP contribution in [0.2, 0.25) is 0 Å². The van der Waals surface area contributed by atoms with E-state index in [1.165, 1.54) is 4.90 Å². The van der Waals surface area contributed by atoms with Crippen LogP contribution in [0.25, 0.3) is 0 Å². The lowest BCUT2D eigenvalue weighted by molar-refractivity contribution is -0.129. The maximum Gasteiger partial charge on any atom is 0.261 e. The number of Topliss-reactive ketones (excluding diaryl/α,β-unsaturated/α-hetero) is 1. The molecule has 1 aliphatic heterocycles. The summed E-state index contributed by atoms with van der Waals surface area (Å²) in [6, 6.07) is 6.70. The van der Waals surface area contributed by atoms with E-state index >= 15 is 0 Å². The Bertz CT molecular complexity index is 515. The van der Waals surface area contributed by atoms with Gasteiger partial charge in [-0.05, 0) is 25.0 Å². The molecule has 19 heavy (non-hydrogen) atoms. The third-order valence-corrected chi connectivity index (χ3v) is 3.06. The molecule has 1 aliphatic rings. The number of benzene rings is 1. The quantitative estimate of drug-likeness (QED) is 0.333. The van der Waals surface area contributed by atoms with Gasteiger partial charge in [0, 0.05) is 13.0 Å². The fourth-order valence-electron chi connectivity index (χ4n) is 2.07. The van der Waals surface area contributed by atoms with Crippen LogP contribution in [0, 0.1) is 0 Å². The Morgan fingerprint density at radius 2 is 1.63 bits per heavy atom. The van der Waals surface area contributed by atoms with Crippen molar-refractivity contribution in [1.82, 2.24) is 4.90 Å². The number of unbranched alkanes of at least 4 members (excludes halogenated alkanes) is 1. The normalized spacial score (nSPS) is 13.6. The molecular weight excluding hydrogens is 246 g/mol. The van der Waals surface area contributed by atoms with Crippen LogP contribution in [-0.2, 0) is 9.59 Å². The summed E-state index contributed by atoms with van der Waals surface area (Å²) >= 11 is 0. The Labute approximate surface area is 110 Å². The lowest BCUT2D eigenvalue weighted by Gasteiger charge is -2.12.